The van der Waals surface area contributed by atoms with Crippen molar-refractivity contribution in [3.05, 3.63) is 42.0 Å². The second-order valence-electron chi connectivity index (χ2n) is 5.98. The topological polar surface area (TPSA) is 43.2 Å². The van der Waals surface area contributed by atoms with Gasteiger partial charge in [-0.2, -0.15) is 5.10 Å². The Morgan fingerprint density at radius 3 is 2.82 bits per heavy atom. The molecule has 0 saturated carbocycles. The predicted octanol–water partition coefficient (Wildman–Crippen LogP) is 2.40. The highest BCUT2D eigenvalue weighted by atomic mass is 16.5. The molecule has 22 heavy (non-hydrogen) atoms. The number of benzene rings is 1. The lowest BCUT2D eigenvalue weighted by Crippen LogP contribution is -2.35. The van der Waals surface area contributed by atoms with Gasteiger partial charge in [0.25, 0.3) is 0 Å². The molecular formula is C17H24N4O. The second kappa shape index (κ2) is 7.03. The zero-order valence-electron chi connectivity index (χ0n) is 13.4. The van der Waals surface area contributed by atoms with Crippen LogP contribution in [0.5, 0.6) is 0 Å². The van der Waals surface area contributed by atoms with Crippen molar-refractivity contribution in [1.29, 1.82) is 0 Å². The second-order valence-corrected chi connectivity index (χ2v) is 5.98. The third-order valence-electron chi connectivity index (χ3n) is 4.38. The molecule has 1 aromatic carbocycles. The fourth-order valence-corrected chi connectivity index (χ4v) is 3.12. The van der Waals surface area contributed by atoms with Crippen LogP contribution in [0.4, 0.5) is 0 Å². The number of methoxy groups -OCH3 is 1. The Hall–Kier alpha value is -1.72. The zero-order chi connectivity index (χ0) is 15.4. The van der Waals surface area contributed by atoms with E-state index < -0.39 is 0 Å². The van der Waals surface area contributed by atoms with E-state index in [2.05, 4.69) is 46.2 Å². The Kier molecular flexibility index (Phi) is 4.85. The maximum atomic E-state index is 5.16. The van der Waals surface area contributed by atoms with Gasteiger partial charge in [-0.3, -0.25) is 0 Å². The molecule has 3 rings (SSSR count). The van der Waals surface area contributed by atoms with Gasteiger partial charge in [0.05, 0.1) is 12.3 Å². The van der Waals surface area contributed by atoms with Crippen LogP contribution in [0.25, 0.3) is 5.69 Å². The molecule has 1 aromatic heterocycles. The molecule has 2 aromatic rings. The van der Waals surface area contributed by atoms with Gasteiger partial charge in [0, 0.05) is 19.6 Å². The Balaban J connectivity index is 1.71. The SMILES string of the molecule is COCCN1CCC(c2ncnn2-c2cccc(C)c2)CC1. The predicted molar refractivity (Wildman–Crippen MR) is 86.4 cm³/mol. The number of aromatic nitrogens is 3. The molecule has 5 heteroatoms. The van der Waals surface area contributed by atoms with E-state index in [0.717, 1.165) is 50.6 Å². The molecule has 118 valence electrons. The molecule has 0 unspecified atom stereocenters. The molecule has 1 aliphatic heterocycles. The van der Waals surface area contributed by atoms with Crippen LogP contribution in [0.3, 0.4) is 0 Å². The van der Waals surface area contributed by atoms with Crippen LogP contribution in [0.2, 0.25) is 0 Å². The summed E-state index contributed by atoms with van der Waals surface area (Å²) < 4.78 is 7.17. The lowest BCUT2D eigenvalue weighted by Gasteiger charge is -2.31. The number of hydrogen-bond acceptors (Lipinski definition) is 4. The summed E-state index contributed by atoms with van der Waals surface area (Å²) in [5.41, 5.74) is 2.35. The summed E-state index contributed by atoms with van der Waals surface area (Å²) >= 11 is 0. The molecule has 0 spiro atoms. The van der Waals surface area contributed by atoms with Crippen molar-refractivity contribution < 1.29 is 4.74 Å². The monoisotopic (exact) mass is 300 g/mol. The van der Waals surface area contributed by atoms with E-state index in [-0.39, 0.29) is 0 Å². The largest absolute Gasteiger partial charge is 0.383 e. The highest BCUT2D eigenvalue weighted by molar-refractivity contribution is 5.35. The van der Waals surface area contributed by atoms with E-state index in [1.807, 2.05) is 4.68 Å². The average molecular weight is 300 g/mol. The number of likely N-dealkylation sites (tertiary alicyclic amines) is 1. The Morgan fingerprint density at radius 2 is 2.09 bits per heavy atom. The molecular weight excluding hydrogens is 276 g/mol. The van der Waals surface area contributed by atoms with Gasteiger partial charge in [-0.05, 0) is 50.6 Å². The van der Waals surface area contributed by atoms with Crippen molar-refractivity contribution in [2.24, 2.45) is 0 Å². The van der Waals surface area contributed by atoms with Crippen molar-refractivity contribution in [3.8, 4) is 5.69 Å². The Bertz CT molecular complexity index is 602. The number of ether oxygens (including phenoxy) is 1. The summed E-state index contributed by atoms with van der Waals surface area (Å²) in [4.78, 5) is 7.01. The van der Waals surface area contributed by atoms with Gasteiger partial charge in [0.15, 0.2) is 0 Å². The Morgan fingerprint density at radius 1 is 1.27 bits per heavy atom. The summed E-state index contributed by atoms with van der Waals surface area (Å²) in [7, 11) is 1.76. The summed E-state index contributed by atoms with van der Waals surface area (Å²) in [5, 5.41) is 4.44. The summed E-state index contributed by atoms with van der Waals surface area (Å²) in [6, 6.07) is 8.43. The minimum atomic E-state index is 0.488. The van der Waals surface area contributed by atoms with Crippen LogP contribution in [-0.2, 0) is 4.74 Å². The fraction of sp³-hybridized carbons (Fsp3) is 0.529. The molecule has 0 radical (unpaired) electrons. The van der Waals surface area contributed by atoms with Gasteiger partial charge in [0.1, 0.15) is 12.2 Å². The molecule has 0 amide bonds. The maximum absolute atomic E-state index is 5.16. The van der Waals surface area contributed by atoms with Gasteiger partial charge in [-0.25, -0.2) is 9.67 Å². The molecule has 0 N–H and O–H groups in total. The number of aryl methyl sites for hydroxylation is 1. The van der Waals surface area contributed by atoms with Gasteiger partial charge in [0.2, 0.25) is 0 Å². The van der Waals surface area contributed by atoms with E-state index in [0.29, 0.717) is 5.92 Å². The van der Waals surface area contributed by atoms with Gasteiger partial charge in [-0.15, -0.1) is 0 Å². The zero-order valence-corrected chi connectivity index (χ0v) is 13.4. The normalized spacial score (nSPS) is 17.0. The highest BCUT2D eigenvalue weighted by Gasteiger charge is 2.24. The Labute approximate surface area is 131 Å². The number of piperidine rings is 1. The van der Waals surface area contributed by atoms with E-state index in [4.69, 9.17) is 4.74 Å². The number of hydrogen-bond donors (Lipinski definition) is 0. The molecule has 5 nitrogen and oxygen atoms in total. The number of rotatable bonds is 5. The summed E-state index contributed by atoms with van der Waals surface area (Å²) in [6.07, 6.45) is 3.94. The molecule has 0 aliphatic carbocycles. The van der Waals surface area contributed by atoms with Crippen molar-refractivity contribution in [3.63, 3.8) is 0 Å². The molecule has 2 heterocycles. The first kappa shape index (κ1) is 15.2. The van der Waals surface area contributed by atoms with Crippen LogP contribution in [0.1, 0.15) is 30.1 Å². The van der Waals surface area contributed by atoms with Crippen LogP contribution >= 0.6 is 0 Å². The van der Waals surface area contributed by atoms with Crippen molar-refractivity contribution in [1.82, 2.24) is 19.7 Å². The molecule has 0 atom stereocenters. The minimum absolute atomic E-state index is 0.488. The first-order valence-electron chi connectivity index (χ1n) is 7.96. The van der Waals surface area contributed by atoms with Gasteiger partial charge in [-0.1, -0.05) is 12.1 Å². The van der Waals surface area contributed by atoms with Crippen LogP contribution in [-0.4, -0.2) is 53.0 Å². The maximum Gasteiger partial charge on any atom is 0.138 e. The molecule has 1 aliphatic rings. The van der Waals surface area contributed by atoms with E-state index in [9.17, 15) is 0 Å². The molecule has 1 fully saturated rings. The van der Waals surface area contributed by atoms with Crippen molar-refractivity contribution in [2.45, 2.75) is 25.7 Å². The smallest absolute Gasteiger partial charge is 0.138 e. The van der Waals surface area contributed by atoms with E-state index in [1.165, 1.54) is 5.56 Å². The highest BCUT2D eigenvalue weighted by Crippen LogP contribution is 2.27. The standard InChI is InChI=1S/C17H24N4O/c1-14-4-3-5-16(12-14)21-17(18-13-19-21)15-6-8-20(9-7-15)10-11-22-2/h3-5,12-13,15H,6-11H2,1-2H3. The van der Waals surface area contributed by atoms with Crippen LogP contribution in [0.15, 0.2) is 30.6 Å². The number of nitrogens with zero attached hydrogens (tertiary/aromatic N) is 4. The van der Waals surface area contributed by atoms with Crippen molar-refractivity contribution in [2.75, 3.05) is 33.4 Å². The van der Waals surface area contributed by atoms with Gasteiger partial charge >= 0.3 is 0 Å². The van der Waals surface area contributed by atoms with Crippen LogP contribution in [0, 0.1) is 6.92 Å². The van der Waals surface area contributed by atoms with E-state index >= 15 is 0 Å². The molecule has 0 bridgehead atoms. The van der Waals surface area contributed by atoms with Crippen molar-refractivity contribution >= 4 is 0 Å². The summed E-state index contributed by atoms with van der Waals surface area (Å²) in [6.45, 7) is 6.15. The fourth-order valence-electron chi connectivity index (χ4n) is 3.12. The minimum Gasteiger partial charge on any atom is -0.383 e. The molecule has 1 saturated heterocycles. The first-order chi connectivity index (χ1) is 10.8. The lowest BCUT2D eigenvalue weighted by molar-refractivity contribution is 0.129. The summed E-state index contributed by atoms with van der Waals surface area (Å²) in [5.74, 6) is 1.58. The van der Waals surface area contributed by atoms with Gasteiger partial charge < -0.3 is 9.64 Å². The first-order valence-corrected chi connectivity index (χ1v) is 7.96. The van der Waals surface area contributed by atoms with E-state index in [1.54, 1.807) is 13.4 Å². The lowest BCUT2D eigenvalue weighted by atomic mass is 9.96. The third kappa shape index (κ3) is 3.36. The quantitative estimate of drug-likeness (QED) is 0.850. The third-order valence-corrected chi connectivity index (χ3v) is 4.38. The van der Waals surface area contributed by atoms with Crippen LogP contribution < -0.4 is 0 Å². The average Bonchev–Trinajstić information content (AvgIpc) is 3.03.